The first-order valence-corrected chi connectivity index (χ1v) is 10.1. The van der Waals surface area contributed by atoms with Gasteiger partial charge in [0.25, 0.3) is 5.91 Å². The second-order valence-corrected chi connectivity index (χ2v) is 7.37. The van der Waals surface area contributed by atoms with E-state index in [2.05, 4.69) is 15.3 Å². The molecule has 3 aromatic carbocycles. The normalized spacial score (nSPS) is 10.5. The number of anilines is 1. The van der Waals surface area contributed by atoms with Gasteiger partial charge in [0.1, 0.15) is 11.5 Å². The van der Waals surface area contributed by atoms with E-state index in [0.717, 1.165) is 22.4 Å². The molecule has 1 N–H and O–H groups in total. The molecular formula is C26H23N3O3. The van der Waals surface area contributed by atoms with E-state index in [1.54, 1.807) is 37.7 Å². The van der Waals surface area contributed by atoms with Gasteiger partial charge in [-0.3, -0.25) is 4.79 Å². The van der Waals surface area contributed by atoms with Crippen molar-refractivity contribution in [3.05, 3.63) is 95.8 Å². The Bertz CT molecular complexity index is 1240. The fraction of sp³-hybridized carbons (Fsp3) is 0.115. The number of methoxy groups -OCH3 is 1. The third-order valence-electron chi connectivity index (χ3n) is 5.12. The van der Waals surface area contributed by atoms with Crippen LogP contribution in [0.2, 0.25) is 0 Å². The van der Waals surface area contributed by atoms with Crippen molar-refractivity contribution in [3.8, 4) is 28.6 Å². The molecule has 4 aromatic rings. The van der Waals surface area contributed by atoms with Gasteiger partial charge in [0.2, 0.25) is 0 Å². The summed E-state index contributed by atoms with van der Waals surface area (Å²) < 4.78 is 10.9. The highest BCUT2D eigenvalue weighted by Gasteiger charge is 2.09. The van der Waals surface area contributed by atoms with Crippen molar-refractivity contribution in [2.24, 2.45) is 0 Å². The summed E-state index contributed by atoms with van der Waals surface area (Å²) in [5.74, 6) is 1.13. The third-order valence-corrected chi connectivity index (χ3v) is 5.12. The Morgan fingerprint density at radius 2 is 1.53 bits per heavy atom. The van der Waals surface area contributed by atoms with Crippen molar-refractivity contribution in [2.45, 2.75) is 13.8 Å². The molecule has 32 heavy (non-hydrogen) atoms. The summed E-state index contributed by atoms with van der Waals surface area (Å²) in [6.45, 7) is 4.07. The van der Waals surface area contributed by atoms with Crippen LogP contribution in [0.25, 0.3) is 11.1 Å². The van der Waals surface area contributed by atoms with Crippen LogP contribution in [-0.2, 0) is 0 Å². The maximum absolute atomic E-state index is 12.6. The first-order chi connectivity index (χ1) is 15.5. The zero-order valence-electron chi connectivity index (χ0n) is 18.1. The van der Waals surface area contributed by atoms with Gasteiger partial charge in [-0.1, -0.05) is 24.3 Å². The molecule has 6 nitrogen and oxygen atoms in total. The van der Waals surface area contributed by atoms with Gasteiger partial charge in [0.15, 0.2) is 0 Å². The molecule has 160 valence electrons. The number of amides is 1. The van der Waals surface area contributed by atoms with Crippen LogP contribution in [0.3, 0.4) is 0 Å². The molecule has 0 bridgehead atoms. The van der Waals surface area contributed by atoms with E-state index in [-0.39, 0.29) is 11.9 Å². The van der Waals surface area contributed by atoms with Crippen LogP contribution in [0.4, 0.5) is 5.69 Å². The van der Waals surface area contributed by atoms with Crippen molar-refractivity contribution in [3.63, 3.8) is 0 Å². The van der Waals surface area contributed by atoms with E-state index in [1.165, 1.54) is 5.56 Å². The molecule has 0 saturated carbocycles. The third kappa shape index (κ3) is 4.92. The highest BCUT2D eigenvalue weighted by molar-refractivity contribution is 6.04. The lowest BCUT2D eigenvalue weighted by atomic mass is 10.1. The monoisotopic (exact) mass is 425 g/mol. The van der Waals surface area contributed by atoms with Gasteiger partial charge in [-0.2, -0.15) is 0 Å². The molecule has 0 radical (unpaired) electrons. The zero-order chi connectivity index (χ0) is 22.5. The maximum Gasteiger partial charge on any atom is 0.321 e. The summed E-state index contributed by atoms with van der Waals surface area (Å²) in [5.41, 5.74) is 5.41. The molecule has 1 amide bonds. The van der Waals surface area contributed by atoms with Gasteiger partial charge in [-0.05, 0) is 66.9 Å². The minimum absolute atomic E-state index is 0.155. The molecule has 4 rings (SSSR count). The number of carbonyl (C=O) groups excluding carboxylic acids is 1. The molecule has 1 heterocycles. The molecular weight excluding hydrogens is 402 g/mol. The van der Waals surface area contributed by atoms with Crippen LogP contribution < -0.4 is 14.8 Å². The van der Waals surface area contributed by atoms with E-state index in [4.69, 9.17) is 9.47 Å². The summed E-state index contributed by atoms with van der Waals surface area (Å²) in [4.78, 5) is 21.1. The molecule has 0 unspecified atom stereocenters. The molecule has 0 atom stereocenters. The van der Waals surface area contributed by atoms with Crippen LogP contribution in [0, 0.1) is 13.8 Å². The highest BCUT2D eigenvalue weighted by Crippen LogP contribution is 2.25. The van der Waals surface area contributed by atoms with Crippen LogP contribution in [0.5, 0.6) is 17.5 Å². The van der Waals surface area contributed by atoms with Gasteiger partial charge in [0.05, 0.1) is 7.11 Å². The quantitative estimate of drug-likeness (QED) is 0.422. The van der Waals surface area contributed by atoms with E-state index < -0.39 is 0 Å². The summed E-state index contributed by atoms with van der Waals surface area (Å²) in [6, 6.07) is 20.7. The Morgan fingerprint density at radius 3 is 2.22 bits per heavy atom. The molecule has 0 aliphatic carbocycles. The molecule has 1 aromatic heterocycles. The number of benzene rings is 3. The van der Waals surface area contributed by atoms with Crippen molar-refractivity contribution < 1.29 is 14.3 Å². The number of carbonyl (C=O) groups is 1. The van der Waals surface area contributed by atoms with Crippen LogP contribution in [0.1, 0.15) is 21.5 Å². The van der Waals surface area contributed by atoms with Crippen LogP contribution in [0.15, 0.2) is 79.1 Å². The van der Waals surface area contributed by atoms with E-state index in [9.17, 15) is 4.79 Å². The Labute approximate surface area is 186 Å². The van der Waals surface area contributed by atoms with Crippen molar-refractivity contribution >= 4 is 11.6 Å². The smallest absolute Gasteiger partial charge is 0.321 e. The molecule has 0 aliphatic rings. The van der Waals surface area contributed by atoms with Crippen molar-refractivity contribution in [1.29, 1.82) is 0 Å². The highest BCUT2D eigenvalue weighted by atomic mass is 16.5. The number of nitrogens with one attached hydrogen (secondary N) is 1. The maximum atomic E-state index is 12.6. The summed E-state index contributed by atoms with van der Waals surface area (Å²) in [5, 5.41) is 2.94. The first-order valence-electron chi connectivity index (χ1n) is 10.1. The average molecular weight is 425 g/mol. The van der Waals surface area contributed by atoms with Gasteiger partial charge >= 0.3 is 6.01 Å². The average Bonchev–Trinajstić information content (AvgIpc) is 2.82. The number of aromatic nitrogens is 2. The molecule has 0 fully saturated rings. The predicted molar refractivity (Wildman–Crippen MR) is 124 cm³/mol. The second-order valence-electron chi connectivity index (χ2n) is 7.37. The van der Waals surface area contributed by atoms with Crippen molar-refractivity contribution in [1.82, 2.24) is 9.97 Å². The zero-order valence-corrected chi connectivity index (χ0v) is 18.1. The number of ether oxygens (including phenoxy) is 2. The van der Waals surface area contributed by atoms with Gasteiger partial charge in [-0.15, -0.1) is 0 Å². The lowest BCUT2D eigenvalue weighted by Gasteiger charge is -2.09. The number of rotatable bonds is 6. The van der Waals surface area contributed by atoms with Crippen LogP contribution >= 0.6 is 0 Å². The topological polar surface area (TPSA) is 73.3 Å². The minimum Gasteiger partial charge on any atom is -0.497 e. The standard InChI is InChI=1S/C26H23N3O3/c1-17-7-12-22(13-18(17)2)29-25(30)20-10-8-19(9-11-20)21-15-27-26(28-16-21)32-24-6-4-5-23(14-24)31-3/h4-16H,1-3H3,(H,29,30). The van der Waals surface area contributed by atoms with Gasteiger partial charge in [0, 0.05) is 35.3 Å². The minimum atomic E-state index is -0.155. The van der Waals surface area contributed by atoms with E-state index in [0.29, 0.717) is 17.1 Å². The first kappa shape index (κ1) is 21.1. The number of hydrogen-bond donors (Lipinski definition) is 1. The molecule has 0 aliphatic heterocycles. The number of hydrogen-bond acceptors (Lipinski definition) is 5. The Morgan fingerprint density at radius 1 is 0.812 bits per heavy atom. The molecule has 6 heteroatoms. The van der Waals surface area contributed by atoms with Gasteiger partial charge in [-0.25, -0.2) is 9.97 Å². The summed E-state index contributed by atoms with van der Waals surface area (Å²) >= 11 is 0. The fourth-order valence-electron chi connectivity index (χ4n) is 3.12. The number of aryl methyl sites for hydroxylation is 2. The Kier molecular flexibility index (Phi) is 6.12. The van der Waals surface area contributed by atoms with E-state index in [1.807, 2.05) is 62.4 Å². The molecule has 0 saturated heterocycles. The Balaban J connectivity index is 1.43. The SMILES string of the molecule is COc1cccc(Oc2ncc(-c3ccc(C(=O)Nc4ccc(C)c(C)c4)cc3)cn2)c1. The summed E-state index contributed by atoms with van der Waals surface area (Å²) in [6.07, 6.45) is 3.37. The van der Waals surface area contributed by atoms with Crippen LogP contribution in [-0.4, -0.2) is 23.0 Å². The second kappa shape index (κ2) is 9.31. The van der Waals surface area contributed by atoms with Gasteiger partial charge < -0.3 is 14.8 Å². The largest absolute Gasteiger partial charge is 0.497 e. The van der Waals surface area contributed by atoms with Crippen molar-refractivity contribution in [2.75, 3.05) is 12.4 Å². The lowest BCUT2D eigenvalue weighted by Crippen LogP contribution is -2.11. The fourth-order valence-corrected chi connectivity index (χ4v) is 3.12. The lowest BCUT2D eigenvalue weighted by molar-refractivity contribution is 0.102. The molecule has 0 spiro atoms. The predicted octanol–water partition coefficient (Wildman–Crippen LogP) is 5.81. The Hall–Kier alpha value is -4.19. The number of nitrogens with zero attached hydrogens (tertiary/aromatic N) is 2. The summed E-state index contributed by atoms with van der Waals surface area (Å²) in [7, 11) is 1.60. The van der Waals surface area contributed by atoms with E-state index >= 15 is 0 Å².